The van der Waals surface area contributed by atoms with E-state index in [2.05, 4.69) is 20.2 Å². The quantitative estimate of drug-likeness (QED) is 0.175. The second-order valence-corrected chi connectivity index (χ2v) is 8.80. The second-order valence-electron chi connectivity index (χ2n) is 5.77. The Labute approximate surface area is 207 Å². The molecule has 30 heavy (non-hydrogen) atoms. The summed E-state index contributed by atoms with van der Waals surface area (Å²) in [6.07, 6.45) is 0. The molecule has 0 radical (unpaired) electrons. The predicted molar refractivity (Wildman–Crippen MR) is 122 cm³/mol. The lowest BCUT2D eigenvalue weighted by Crippen LogP contribution is -1.99. The van der Waals surface area contributed by atoms with E-state index in [9.17, 15) is 9.90 Å². The molecule has 154 valence electrons. The number of amidine groups is 1. The minimum atomic E-state index is -0.723. The van der Waals surface area contributed by atoms with Gasteiger partial charge in [0.25, 0.3) is 5.91 Å². The molecule has 0 aliphatic carbocycles. The summed E-state index contributed by atoms with van der Waals surface area (Å²) in [6.45, 7) is 0. The van der Waals surface area contributed by atoms with Crippen molar-refractivity contribution in [1.82, 2.24) is 4.98 Å². The third kappa shape index (κ3) is 3.17. The summed E-state index contributed by atoms with van der Waals surface area (Å²) in [5, 5.41) is 17.9. The number of rotatable bonds is 1. The molecule has 2 heterocycles. The highest BCUT2D eigenvalue weighted by Gasteiger charge is 2.33. The number of azo groups is 1. The number of aromatic amines is 1. The molecule has 0 fully saturated rings. The summed E-state index contributed by atoms with van der Waals surface area (Å²) in [5.41, 5.74) is 0.00946. The number of hydrogen-bond donors (Lipinski definition) is 2. The van der Waals surface area contributed by atoms with Crippen molar-refractivity contribution in [3.63, 3.8) is 0 Å². The molecule has 0 atom stereocenters. The fourth-order valence-corrected chi connectivity index (χ4v) is 4.86. The van der Waals surface area contributed by atoms with Crippen molar-refractivity contribution in [2.75, 3.05) is 0 Å². The van der Waals surface area contributed by atoms with Crippen LogP contribution in [0.3, 0.4) is 0 Å². The summed E-state index contributed by atoms with van der Waals surface area (Å²) in [7, 11) is 0. The van der Waals surface area contributed by atoms with Crippen molar-refractivity contribution >= 4 is 121 Å². The van der Waals surface area contributed by atoms with Crippen molar-refractivity contribution in [2.45, 2.75) is 0 Å². The molecular weight excluding hydrogens is 564 g/mol. The number of aromatic nitrogens is 1. The molecule has 2 N–H and O–H groups in total. The zero-order valence-electron chi connectivity index (χ0n) is 13.7. The lowest BCUT2D eigenvalue weighted by Gasteiger charge is -2.08. The monoisotopic (exact) mass is 562 g/mol. The van der Waals surface area contributed by atoms with Gasteiger partial charge in [0.2, 0.25) is 0 Å². The number of carbonyl (C=O) groups is 1. The van der Waals surface area contributed by atoms with Crippen molar-refractivity contribution in [3.8, 4) is 5.88 Å². The van der Waals surface area contributed by atoms with Crippen molar-refractivity contribution in [3.05, 3.63) is 51.3 Å². The second kappa shape index (κ2) is 7.87. The van der Waals surface area contributed by atoms with Crippen LogP contribution in [0.1, 0.15) is 15.9 Å². The number of carbonyl (C=O) groups excluding carboxylic acids is 1. The lowest BCUT2D eigenvalue weighted by molar-refractivity contribution is 0.101. The van der Waals surface area contributed by atoms with Crippen LogP contribution in [0.25, 0.3) is 10.8 Å². The van der Waals surface area contributed by atoms with Crippen LogP contribution in [0.5, 0.6) is 5.88 Å². The van der Waals surface area contributed by atoms with Crippen LogP contribution < -0.4 is 0 Å². The Hall–Kier alpha value is -0.960. The minimum Gasteiger partial charge on any atom is -0.494 e. The number of fused-ring (bicyclic) bond motifs is 2. The van der Waals surface area contributed by atoms with Crippen molar-refractivity contribution in [1.29, 1.82) is 0 Å². The molecule has 2 aromatic carbocycles. The molecule has 1 aliphatic heterocycles. The number of benzene rings is 2. The third-order valence-corrected chi connectivity index (χ3v) is 7.74. The zero-order chi connectivity index (χ0) is 22.1. The Morgan fingerprint density at radius 2 is 1.17 bits per heavy atom. The summed E-state index contributed by atoms with van der Waals surface area (Å²) in [6, 6.07) is 0. The molecule has 6 nitrogen and oxygen atoms in total. The van der Waals surface area contributed by atoms with E-state index in [4.69, 9.17) is 92.8 Å². The van der Waals surface area contributed by atoms with Gasteiger partial charge in [0.1, 0.15) is 0 Å². The third-order valence-electron chi connectivity index (χ3n) is 4.13. The Morgan fingerprint density at radius 3 is 1.77 bits per heavy atom. The van der Waals surface area contributed by atoms with E-state index in [0.717, 1.165) is 0 Å². The van der Waals surface area contributed by atoms with Gasteiger partial charge in [0, 0.05) is 0 Å². The van der Waals surface area contributed by atoms with Gasteiger partial charge in [-0.05, 0) is 0 Å². The van der Waals surface area contributed by atoms with Gasteiger partial charge in [-0.3, -0.25) is 4.79 Å². The topological polar surface area (TPSA) is 90.2 Å². The van der Waals surface area contributed by atoms with Crippen LogP contribution >= 0.6 is 92.8 Å². The standard InChI is InChI=1S/C16H2Cl8N4O2/c17-5-1-3(7(19)11(23)9(5)21)15(29)25-13(1)27-28-14-2-4(16(30)26-14)8(20)12(24)10(22)6(2)18/h25,29H. The van der Waals surface area contributed by atoms with Crippen LogP contribution in [0, 0.1) is 0 Å². The first-order valence-electron chi connectivity index (χ1n) is 7.53. The van der Waals surface area contributed by atoms with Crippen LogP contribution in [0.4, 0.5) is 5.82 Å². The molecule has 0 unspecified atom stereocenters. The number of nitrogens with one attached hydrogen (secondary N) is 1. The molecule has 1 amide bonds. The average Bonchev–Trinajstić information content (AvgIpc) is 3.22. The molecule has 14 heteroatoms. The van der Waals surface area contributed by atoms with E-state index in [-0.39, 0.29) is 79.6 Å². The van der Waals surface area contributed by atoms with Gasteiger partial charge < -0.3 is 10.1 Å². The normalized spacial score (nSPS) is 13.6. The highest BCUT2D eigenvalue weighted by Crippen LogP contribution is 2.50. The average molecular weight is 566 g/mol. The molecule has 4 rings (SSSR count). The number of halogens is 8. The maximum absolute atomic E-state index is 12.3. The molecule has 0 bridgehead atoms. The Bertz CT molecular complexity index is 1360. The Kier molecular flexibility index (Phi) is 5.83. The lowest BCUT2D eigenvalue weighted by atomic mass is 10.1. The Morgan fingerprint density at radius 1 is 0.667 bits per heavy atom. The highest BCUT2D eigenvalue weighted by atomic mass is 35.5. The summed E-state index contributed by atoms with van der Waals surface area (Å²) in [4.78, 5) is 18.6. The van der Waals surface area contributed by atoms with Gasteiger partial charge in [0.15, 0.2) is 17.5 Å². The van der Waals surface area contributed by atoms with Crippen LogP contribution in [0.2, 0.25) is 40.2 Å². The van der Waals surface area contributed by atoms with Gasteiger partial charge in [-0.15, -0.1) is 10.2 Å². The minimum absolute atomic E-state index is 0.0210. The van der Waals surface area contributed by atoms with Crippen molar-refractivity contribution < 1.29 is 9.90 Å². The van der Waals surface area contributed by atoms with E-state index in [0.29, 0.717) is 0 Å². The van der Waals surface area contributed by atoms with Gasteiger partial charge in [0.05, 0.1) is 62.1 Å². The highest BCUT2D eigenvalue weighted by molar-refractivity contribution is 6.56. The van der Waals surface area contributed by atoms with Gasteiger partial charge >= 0.3 is 0 Å². The molecular formula is C16H2Cl8N4O2. The van der Waals surface area contributed by atoms with Gasteiger partial charge in [-0.25, -0.2) is 0 Å². The first-order valence-corrected chi connectivity index (χ1v) is 10.6. The fraction of sp³-hybridized carbons (Fsp3) is 0. The number of aliphatic imine (C=N–C) groups is 1. The van der Waals surface area contributed by atoms with E-state index < -0.39 is 5.91 Å². The number of hydrogen-bond acceptors (Lipinski definition) is 4. The molecule has 3 aromatic rings. The van der Waals surface area contributed by atoms with Crippen LogP contribution in [-0.2, 0) is 0 Å². The molecule has 0 spiro atoms. The molecule has 1 aromatic heterocycles. The smallest absolute Gasteiger partial charge is 0.281 e. The van der Waals surface area contributed by atoms with Crippen molar-refractivity contribution in [2.24, 2.45) is 15.2 Å². The van der Waals surface area contributed by atoms with E-state index in [1.165, 1.54) is 0 Å². The molecule has 0 saturated carbocycles. The number of H-pyrrole nitrogens is 1. The number of amides is 1. The molecule has 0 saturated heterocycles. The van der Waals surface area contributed by atoms with E-state index in [1.807, 2.05) is 0 Å². The Balaban J connectivity index is 1.90. The summed E-state index contributed by atoms with van der Waals surface area (Å²) in [5.74, 6) is -1.30. The molecule has 1 aliphatic rings. The van der Waals surface area contributed by atoms with Crippen LogP contribution in [0.15, 0.2) is 15.2 Å². The summed E-state index contributed by atoms with van der Waals surface area (Å²) < 4.78 is 0. The van der Waals surface area contributed by atoms with Gasteiger partial charge in [-0.1, -0.05) is 92.8 Å². The summed E-state index contributed by atoms with van der Waals surface area (Å²) >= 11 is 48.9. The maximum atomic E-state index is 12.3. The largest absolute Gasteiger partial charge is 0.494 e. The zero-order valence-corrected chi connectivity index (χ0v) is 19.8. The predicted octanol–water partition coefficient (Wildman–Crippen LogP) is 8.78. The SMILES string of the molecule is O=C1N=C(N=Nc2[nH]c(O)c3c(Cl)c(Cl)c(Cl)c(Cl)c23)c2c(Cl)c(Cl)c(Cl)c(Cl)c21. The van der Waals surface area contributed by atoms with Crippen LogP contribution in [-0.4, -0.2) is 21.8 Å². The first kappa shape index (κ1) is 22.2. The first-order chi connectivity index (χ1) is 14.1. The number of aromatic hydroxyl groups is 1. The van der Waals surface area contributed by atoms with E-state index >= 15 is 0 Å². The van der Waals surface area contributed by atoms with E-state index in [1.54, 1.807) is 0 Å². The number of nitrogens with zero attached hydrogens (tertiary/aromatic N) is 3. The fourth-order valence-electron chi connectivity index (χ4n) is 2.81. The van der Waals surface area contributed by atoms with Gasteiger partial charge in [-0.2, -0.15) is 4.99 Å². The maximum Gasteiger partial charge on any atom is 0.281 e.